The number of benzene rings is 1. The summed E-state index contributed by atoms with van der Waals surface area (Å²) in [6.45, 7) is 0.754. The third kappa shape index (κ3) is 4.46. The molecule has 28 heavy (non-hydrogen) atoms. The van der Waals surface area contributed by atoms with Crippen molar-refractivity contribution in [3.8, 4) is 0 Å². The van der Waals surface area contributed by atoms with E-state index in [0.29, 0.717) is 36.0 Å². The van der Waals surface area contributed by atoms with Crippen molar-refractivity contribution in [1.29, 1.82) is 0 Å². The molecule has 0 aliphatic heterocycles. The van der Waals surface area contributed by atoms with Gasteiger partial charge in [0.05, 0.1) is 18.4 Å². The molecule has 6 nitrogen and oxygen atoms in total. The molecular weight excluding hydrogens is 354 g/mol. The number of carbonyl (C=O) groups excluding carboxylic acids is 2. The van der Waals surface area contributed by atoms with Crippen LogP contribution in [0.4, 0.5) is 0 Å². The predicted molar refractivity (Wildman–Crippen MR) is 103 cm³/mol. The van der Waals surface area contributed by atoms with E-state index < -0.39 is 0 Å². The van der Waals surface area contributed by atoms with Gasteiger partial charge in [-0.25, -0.2) is 0 Å². The van der Waals surface area contributed by atoms with E-state index in [2.05, 4.69) is 10.3 Å². The normalized spacial score (nSPS) is 13.1. The molecule has 1 aliphatic rings. The van der Waals surface area contributed by atoms with Crippen LogP contribution in [-0.2, 0) is 13.1 Å². The van der Waals surface area contributed by atoms with Crippen LogP contribution >= 0.6 is 0 Å². The van der Waals surface area contributed by atoms with E-state index in [-0.39, 0.29) is 11.8 Å². The summed E-state index contributed by atoms with van der Waals surface area (Å²) in [5.74, 6) is 0.533. The minimum absolute atomic E-state index is 0.0482. The number of carbonyl (C=O) groups is 2. The first-order valence-electron chi connectivity index (χ1n) is 9.30. The average molecular weight is 375 g/mol. The van der Waals surface area contributed by atoms with Crippen LogP contribution in [0.15, 0.2) is 71.6 Å². The predicted octanol–water partition coefficient (Wildman–Crippen LogP) is 3.41. The standard InChI is InChI=1S/C22H21N3O3/c26-21(24-19-9-10-19)17-7-5-16(6-8-17)14-25(15-20-4-2-12-28-20)22(27)18-3-1-11-23-13-18/h1-8,11-13,19H,9-10,14-15H2,(H,24,26). The fourth-order valence-corrected chi connectivity index (χ4v) is 2.94. The van der Waals surface area contributed by atoms with E-state index in [0.717, 1.165) is 18.4 Å². The lowest BCUT2D eigenvalue weighted by Gasteiger charge is -2.22. The van der Waals surface area contributed by atoms with E-state index in [1.54, 1.807) is 53.9 Å². The number of aromatic nitrogens is 1. The van der Waals surface area contributed by atoms with Crippen molar-refractivity contribution in [3.63, 3.8) is 0 Å². The molecule has 1 aromatic carbocycles. The summed E-state index contributed by atoms with van der Waals surface area (Å²) in [5, 5.41) is 2.98. The zero-order chi connectivity index (χ0) is 19.3. The Kier molecular flexibility index (Phi) is 5.19. The molecule has 1 aliphatic carbocycles. The second kappa shape index (κ2) is 8.08. The van der Waals surface area contributed by atoms with Crippen molar-refractivity contribution in [3.05, 3.63) is 89.6 Å². The Hall–Kier alpha value is -3.41. The van der Waals surface area contributed by atoms with E-state index in [1.807, 2.05) is 18.2 Å². The van der Waals surface area contributed by atoms with Gasteiger partial charge in [-0.2, -0.15) is 0 Å². The summed E-state index contributed by atoms with van der Waals surface area (Å²) in [6.07, 6.45) is 6.90. The minimum atomic E-state index is -0.125. The zero-order valence-corrected chi connectivity index (χ0v) is 15.4. The van der Waals surface area contributed by atoms with Crippen LogP contribution in [0, 0.1) is 0 Å². The van der Waals surface area contributed by atoms with E-state index in [9.17, 15) is 9.59 Å². The molecule has 1 N–H and O–H groups in total. The molecule has 6 heteroatoms. The number of amides is 2. The number of hydrogen-bond acceptors (Lipinski definition) is 4. The first-order valence-corrected chi connectivity index (χ1v) is 9.30. The van der Waals surface area contributed by atoms with Crippen LogP contribution in [0.3, 0.4) is 0 Å². The first-order chi connectivity index (χ1) is 13.7. The van der Waals surface area contributed by atoms with Crippen LogP contribution in [0.2, 0.25) is 0 Å². The molecule has 0 bridgehead atoms. The Labute approximate surface area is 163 Å². The zero-order valence-electron chi connectivity index (χ0n) is 15.4. The lowest BCUT2D eigenvalue weighted by molar-refractivity contribution is 0.0717. The van der Waals surface area contributed by atoms with Gasteiger partial charge in [-0.1, -0.05) is 12.1 Å². The average Bonchev–Trinajstić information content (AvgIpc) is 3.39. The molecule has 0 radical (unpaired) electrons. The summed E-state index contributed by atoms with van der Waals surface area (Å²) >= 11 is 0. The molecule has 0 unspecified atom stereocenters. The van der Waals surface area contributed by atoms with Gasteiger partial charge in [0.2, 0.25) is 0 Å². The molecule has 3 aromatic rings. The summed E-state index contributed by atoms with van der Waals surface area (Å²) in [6, 6.07) is 14.8. The molecule has 0 spiro atoms. The van der Waals surface area contributed by atoms with Crippen LogP contribution in [0.25, 0.3) is 0 Å². The molecule has 2 heterocycles. The Morgan fingerprint density at radius 2 is 1.86 bits per heavy atom. The van der Waals surface area contributed by atoms with Gasteiger partial charge in [-0.3, -0.25) is 14.6 Å². The maximum absolute atomic E-state index is 13.0. The van der Waals surface area contributed by atoms with Crippen molar-refractivity contribution in [2.45, 2.75) is 32.0 Å². The van der Waals surface area contributed by atoms with Crippen LogP contribution in [0.5, 0.6) is 0 Å². The third-order valence-electron chi connectivity index (χ3n) is 4.62. The molecule has 0 atom stereocenters. The summed E-state index contributed by atoms with van der Waals surface area (Å²) in [4.78, 5) is 30.8. The second-order valence-corrected chi connectivity index (χ2v) is 6.93. The SMILES string of the molecule is O=C(NC1CC1)c1ccc(CN(Cc2ccco2)C(=O)c2cccnc2)cc1. The first kappa shape index (κ1) is 18.0. The minimum Gasteiger partial charge on any atom is -0.467 e. The number of nitrogens with one attached hydrogen (secondary N) is 1. The van der Waals surface area contributed by atoms with E-state index in [1.165, 1.54) is 0 Å². The highest BCUT2D eigenvalue weighted by molar-refractivity contribution is 5.95. The summed E-state index contributed by atoms with van der Waals surface area (Å²) < 4.78 is 5.42. The van der Waals surface area contributed by atoms with Gasteiger partial charge in [0.1, 0.15) is 5.76 Å². The largest absolute Gasteiger partial charge is 0.467 e. The van der Waals surface area contributed by atoms with Crippen molar-refractivity contribution in [1.82, 2.24) is 15.2 Å². The van der Waals surface area contributed by atoms with Crippen LogP contribution < -0.4 is 5.32 Å². The van der Waals surface area contributed by atoms with E-state index in [4.69, 9.17) is 4.42 Å². The van der Waals surface area contributed by atoms with Gasteiger partial charge in [0, 0.05) is 30.5 Å². The summed E-state index contributed by atoms with van der Waals surface area (Å²) in [5.41, 5.74) is 2.09. The highest BCUT2D eigenvalue weighted by atomic mass is 16.3. The van der Waals surface area contributed by atoms with Gasteiger partial charge in [0.25, 0.3) is 11.8 Å². The highest BCUT2D eigenvalue weighted by Gasteiger charge is 2.24. The van der Waals surface area contributed by atoms with Gasteiger partial charge in [-0.05, 0) is 54.8 Å². The number of hydrogen-bond donors (Lipinski definition) is 1. The maximum atomic E-state index is 13.0. The topological polar surface area (TPSA) is 75.4 Å². The Morgan fingerprint density at radius 3 is 2.50 bits per heavy atom. The van der Waals surface area contributed by atoms with Gasteiger partial charge in [0.15, 0.2) is 0 Å². The molecule has 2 aromatic heterocycles. The number of furan rings is 1. The Balaban J connectivity index is 1.49. The Bertz CT molecular complexity index is 933. The van der Waals surface area contributed by atoms with Crippen molar-refractivity contribution in [2.75, 3.05) is 0 Å². The number of nitrogens with zero attached hydrogens (tertiary/aromatic N) is 2. The van der Waals surface area contributed by atoms with E-state index >= 15 is 0 Å². The molecule has 4 rings (SSSR count). The lowest BCUT2D eigenvalue weighted by Crippen LogP contribution is -2.30. The number of pyridine rings is 1. The maximum Gasteiger partial charge on any atom is 0.256 e. The summed E-state index contributed by atoms with van der Waals surface area (Å²) in [7, 11) is 0. The molecule has 0 saturated heterocycles. The highest BCUT2D eigenvalue weighted by Crippen LogP contribution is 2.20. The third-order valence-corrected chi connectivity index (χ3v) is 4.62. The molecule has 2 amide bonds. The number of rotatable bonds is 7. The van der Waals surface area contributed by atoms with Gasteiger partial charge >= 0.3 is 0 Å². The smallest absolute Gasteiger partial charge is 0.256 e. The Morgan fingerprint density at radius 1 is 1.04 bits per heavy atom. The van der Waals surface area contributed by atoms with Gasteiger partial charge < -0.3 is 14.6 Å². The van der Waals surface area contributed by atoms with Gasteiger partial charge in [-0.15, -0.1) is 0 Å². The van der Waals surface area contributed by atoms with Crippen molar-refractivity contribution < 1.29 is 14.0 Å². The second-order valence-electron chi connectivity index (χ2n) is 6.93. The molecule has 142 valence electrons. The van der Waals surface area contributed by atoms with Crippen LogP contribution in [-0.4, -0.2) is 27.7 Å². The van der Waals surface area contributed by atoms with Crippen molar-refractivity contribution >= 4 is 11.8 Å². The fourth-order valence-electron chi connectivity index (χ4n) is 2.94. The molecular formula is C22H21N3O3. The van der Waals surface area contributed by atoms with Crippen molar-refractivity contribution in [2.24, 2.45) is 0 Å². The molecule has 1 fully saturated rings. The van der Waals surface area contributed by atoms with Crippen LogP contribution in [0.1, 0.15) is 44.9 Å². The fraction of sp³-hybridized carbons (Fsp3) is 0.227. The molecule has 1 saturated carbocycles. The monoisotopic (exact) mass is 375 g/mol. The quantitative estimate of drug-likeness (QED) is 0.687. The lowest BCUT2D eigenvalue weighted by atomic mass is 10.1.